The van der Waals surface area contributed by atoms with Gasteiger partial charge in [-0.3, -0.25) is 9.67 Å². The third-order valence-electron chi connectivity index (χ3n) is 5.50. The minimum atomic E-state index is -0.313. The van der Waals surface area contributed by atoms with Gasteiger partial charge in [-0.2, -0.15) is 10.1 Å². The van der Waals surface area contributed by atoms with Gasteiger partial charge in [0.2, 0.25) is 5.88 Å². The molecule has 0 amide bonds. The summed E-state index contributed by atoms with van der Waals surface area (Å²) >= 11 is 0. The van der Waals surface area contributed by atoms with Gasteiger partial charge in [0.25, 0.3) is 0 Å². The van der Waals surface area contributed by atoms with Gasteiger partial charge in [0.15, 0.2) is 0 Å². The van der Waals surface area contributed by atoms with Crippen LogP contribution in [0.3, 0.4) is 0 Å². The van der Waals surface area contributed by atoms with Crippen molar-refractivity contribution in [2.75, 3.05) is 26.4 Å². The summed E-state index contributed by atoms with van der Waals surface area (Å²) in [6.45, 7) is 4.43. The molecule has 31 heavy (non-hydrogen) atoms. The van der Waals surface area contributed by atoms with Gasteiger partial charge in [-0.25, -0.2) is 4.79 Å². The van der Waals surface area contributed by atoms with Gasteiger partial charge >= 0.3 is 5.69 Å². The maximum Gasteiger partial charge on any atom is 0.351 e. The molecule has 3 aromatic rings. The minimum Gasteiger partial charge on any atom is -0.484 e. The molecule has 162 valence electrons. The van der Waals surface area contributed by atoms with Crippen molar-refractivity contribution in [3.8, 4) is 22.9 Å². The molecular formula is C22H24N4O5. The summed E-state index contributed by atoms with van der Waals surface area (Å²) < 4.78 is 24.5. The lowest BCUT2D eigenvalue weighted by atomic mass is 9.97. The Bertz CT molecular complexity index is 1110. The lowest BCUT2D eigenvalue weighted by molar-refractivity contribution is -0.102. The Balaban J connectivity index is 1.37. The quantitative estimate of drug-likeness (QED) is 0.647. The number of nitrogens with zero attached hydrogens (tertiary/aromatic N) is 3. The number of hydrogen-bond donors (Lipinski definition) is 1. The Morgan fingerprint density at radius 3 is 3.03 bits per heavy atom. The highest BCUT2D eigenvalue weighted by molar-refractivity contribution is 5.67. The molecule has 1 N–H and O–H groups in total. The van der Waals surface area contributed by atoms with Crippen LogP contribution in [-0.2, 0) is 22.4 Å². The van der Waals surface area contributed by atoms with E-state index in [4.69, 9.17) is 18.9 Å². The molecule has 9 heteroatoms. The number of aromatic amines is 1. The maximum atomic E-state index is 12.6. The van der Waals surface area contributed by atoms with Crippen molar-refractivity contribution >= 4 is 0 Å². The Morgan fingerprint density at radius 1 is 1.29 bits per heavy atom. The highest BCUT2D eigenvalue weighted by Crippen LogP contribution is 2.33. The fraction of sp³-hybridized carbons (Fsp3) is 0.409. The van der Waals surface area contributed by atoms with Crippen molar-refractivity contribution in [3.05, 3.63) is 58.3 Å². The molecule has 9 nitrogen and oxygen atoms in total. The van der Waals surface area contributed by atoms with E-state index in [1.54, 1.807) is 10.8 Å². The molecule has 0 spiro atoms. The first-order valence-corrected chi connectivity index (χ1v) is 10.4. The monoisotopic (exact) mass is 424 g/mol. The second kappa shape index (κ2) is 8.52. The zero-order valence-corrected chi connectivity index (χ0v) is 17.2. The summed E-state index contributed by atoms with van der Waals surface area (Å²) in [5.74, 6) is 1.07. The van der Waals surface area contributed by atoms with Crippen LogP contribution >= 0.6 is 0 Å². The Morgan fingerprint density at radius 2 is 2.23 bits per heavy atom. The molecule has 2 aliphatic rings. The van der Waals surface area contributed by atoms with Crippen LogP contribution in [-0.4, -0.2) is 52.3 Å². The molecule has 2 aromatic heterocycles. The number of benzene rings is 1. The normalized spacial score (nSPS) is 18.7. The van der Waals surface area contributed by atoms with E-state index in [1.165, 1.54) is 0 Å². The molecule has 0 aliphatic carbocycles. The molecule has 2 atom stereocenters. The summed E-state index contributed by atoms with van der Waals surface area (Å²) in [5.41, 5.74) is 3.42. The molecular weight excluding hydrogens is 400 g/mol. The van der Waals surface area contributed by atoms with Crippen LogP contribution in [0.1, 0.15) is 24.3 Å². The van der Waals surface area contributed by atoms with Gasteiger partial charge in [-0.1, -0.05) is 0 Å². The van der Waals surface area contributed by atoms with Crippen molar-refractivity contribution in [1.29, 1.82) is 0 Å². The van der Waals surface area contributed by atoms with E-state index in [9.17, 15) is 4.79 Å². The van der Waals surface area contributed by atoms with Gasteiger partial charge in [-0.05, 0) is 43.2 Å². The second-order valence-corrected chi connectivity index (χ2v) is 7.62. The van der Waals surface area contributed by atoms with Crippen LogP contribution < -0.4 is 15.2 Å². The van der Waals surface area contributed by atoms with Gasteiger partial charge in [0.1, 0.15) is 30.3 Å². The zero-order valence-electron chi connectivity index (χ0n) is 17.2. The van der Waals surface area contributed by atoms with Crippen LogP contribution in [0.15, 0.2) is 41.3 Å². The van der Waals surface area contributed by atoms with Crippen LogP contribution in [0.25, 0.3) is 11.3 Å². The van der Waals surface area contributed by atoms with E-state index in [0.29, 0.717) is 38.9 Å². The number of aryl methyl sites for hydroxylation is 1. The van der Waals surface area contributed by atoms with E-state index in [0.717, 1.165) is 34.7 Å². The molecule has 0 saturated carbocycles. The largest absolute Gasteiger partial charge is 0.484 e. The van der Waals surface area contributed by atoms with Crippen LogP contribution in [0, 0.1) is 0 Å². The minimum absolute atomic E-state index is 0.155. The van der Waals surface area contributed by atoms with Crippen LogP contribution in [0.5, 0.6) is 11.6 Å². The lowest BCUT2D eigenvalue weighted by Gasteiger charge is -2.24. The van der Waals surface area contributed by atoms with E-state index >= 15 is 0 Å². The van der Waals surface area contributed by atoms with Crippen LogP contribution in [0.2, 0.25) is 0 Å². The fourth-order valence-electron chi connectivity index (χ4n) is 3.90. The zero-order chi connectivity index (χ0) is 21.2. The Kier molecular flexibility index (Phi) is 5.44. The SMILES string of the molecule is CC(Oc1ccc2c(c1)CCn1c-2cc(OCC2COCCO2)nc1=O)c1cc[nH]n1. The summed E-state index contributed by atoms with van der Waals surface area (Å²) in [4.78, 5) is 16.7. The summed E-state index contributed by atoms with van der Waals surface area (Å²) in [5, 5.41) is 6.98. The fourth-order valence-corrected chi connectivity index (χ4v) is 3.90. The first kappa shape index (κ1) is 19.8. The number of hydrogen-bond acceptors (Lipinski definition) is 7. The van der Waals surface area contributed by atoms with Gasteiger partial charge < -0.3 is 18.9 Å². The van der Waals surface area contributed by atoms with E-state index in [2.05, 4.69) is 15.2 Å². The molecule has 2 aliphatic heterocycles. The first-order chi connectivity index (χ1) is 15.2. The Labute approximate surface area is 178 Å². The average molecular weight is 424 g/mol. The predicted molar refractivity (Wildman–Crippen MR) is 111 cm³/mol. The van der Waals surface area contributed by atoms with Gasteiger partial charge in [0.05, 0.1) is 25.5 Å². The number of ether oxygens (including phenoxy) is 4. The highest BCUT2D eigenvalue weighted by Gasteiger charge is 2.21. The van der Waals surface area contributed by atoms with Crippen molar-refractivity contribution < 1.29 is 18.9 Å². The molecule has 1 aromatic carbocycles. The third kappa shape index (κ3) is 4.19. The predicted octanol–water partition coefficient (Wildman–Crippen LogP) is 2.12. The number of aromatic nitrogens is 4. The molecule has 1 saturated heterocycles. The van der Waals surface area contributed by atoms with E-state index < -0.39 is 0 Å². The van der Waals surface area contributed by atoms with Crippen molar-refractivity contribution in [1.82, 2.24) is 19.7 Å². The topological polar surface area (TPSA) is 100 Å². The first-order valence-electron chi connectivity index (χ1n) is 10.4. The average Bonchev–Trinajstić information content (AvgIpc) is 3.33. The summed E-state index contributed by atoms with van der Waals surface area (Å²) in [6, 6.07) is 9.63. The lowest BCUT2D eigenvalue weighted by Crippen LogP contribution is -2.34. The summed E-state index contributed by atoms with van der Waals surface area (Å²) in [6.07, 6.45) is 2.18. The number of rotatable bonds is 6. The standard InChI is InChI=1S/C22H24N4O5/c1-14(19-4-6-23-25-19)31-16-2-3-18-15(10-16)5-7-26-20(18)11-21(24-22(26)27)30-13-17-12-28-8-9-29-17/h2-4,6,10-11,14,17H,5,7-9,12-13H2,1H3,(H,23,25). The van der Waals surface area contributed by atoms with Gasteiger partial charge in [0, 0.05) is 24.4 Å². The Hall–Kier alpha value is -3.17. The molecule has 0 bridgehead atoms. The van der Waals surface area contributed by atoms with Gasteiger partial charge in [-0.15, -0.1) is 0 Å². The third-order valence-corrected chi connectivity index (χ3v) is 5.50. The number of fused-ring (bicyclic) bond motifs is 3. The number of nitrogens with one attached hydrogen (secondary N) is 1. The molecule has 1 fully saturated rings. The maximum absolute atomic E-state index is 12.6. The molecule has 0 radical (unpaired) electrons. The van der Waals surface area contributed by atoms with Crippen molar-refractivity contribution in [2.24, 2.45) is 0 Å². The molecule has 2 unspecified atom stereocenters. The van der Waals surface area contributed by atoms with E-state index in [1.807, 2.05) is 37.3 Å². The van der Waals surface area contributed by atoms with Crippen LogP contribution in [0.4, 0.5) is 0 Å². The smallest absolute Gasteiger partial charge is 0.351 e. The highest BCUT2D eigenvalue weighted by atomic mass is 16.6. The van der Waals surface area contributed by atoms with Crippen molar-refractivity contribution in [3.63, 3.8) is 0 Å². The molecule has 4 heterocycles. The van der Waals surface area contributed by atoms with Crippen molar-refractivity contribution in [2.45, 2.75) is 32.1 Å². The summed E-state index contributed by atoms with van der Waals surface area (Å²) in [7, 11) is 0. The number of H-pyrrole nitrogens is 1. The van der Waals surface area contributed by atoms with E-state index in [-0.39, 0.29) is 17.9 Å². The second-order valence-electron chi connectivity index (χ2n) is 7.62. The molecule has 5 rings (SSSR count).